The Morgan fingerprint density at radius 1 is 0.900 bits per heavy atom. The molecule has 0 amide bonds. The smallest absolute Gasteiger partial charge is 0.125 e. The molecule has 3 aromatic rings. The van der Waals surface area contributed by atoms with Gasteiger partial charge < -0.3 is 24.8 Å². The van der Waals surface area contributed by atoms with Gasteiger partial charge in [0.15, 0.2) is 0 Å². The zero-order chi connectivity index (χ0) is 21.0. The van der Waals surface area contributed by atoms with Crippen molar-refractivity contribution in [2.75, 3.05) is 20.8 Å². The van der Waals surface area contributed by atoms with E-state index in [-0.39, 0.29) is 19.3 Å². The van der Waals surface area contributed by atoms with E-state index in [1.165, 1.54) is 0 Å². The van der Waals surface area contributed by atoms with Crippen LogP contribution < -0.4 is 9.47 Å². The quantitative estimate of drug-likeness (QED) is 0.575. The Hall–Kier alpha value is -2.38. The first kappa shape index (κ1) is 19.6. The molecule has 0 aliphatic carbocycles. The first-order valence-corrected chi connectivity index (χ1v) is 10.4. The van der Waals surface area contributed by atoms with Crippen molar-refractivity contribution in [1.29, 1.82) is 0 Å². The van der Waals surface area contributed by atoms with Gasteiger partial charge in [0.05, 0.1) is 33.5 Å². The van der Waals surface area contributed by atoms with Crippen molar-refractivity contribution in [3.63, 3.8) is 0 Å². The predicted molar refractivity (Wildman–Crippen MR) is 115 cm³/mol. The molecular weight excluding hydrogens is 382 g/mol. The first-order chi connectivity index (χ1) is 14.6. The lowest BCUT2D eigenvalue weighted by molar-refractivity contribution is 0.0552. The van der Waals surface area contributed by atoms with Gasteiger partial charge in [0, 0.05) is 23.7 Å². The molecular formula is C24H27NO5. The molecule has 0 radical (unpaired) electrons. The third kappa shape index (κ3) is 2.72. The van der Waals surface area contributed by atoms with E-state index in [1.54, 1.807) is 14.2 Å². The zero-order valence-corrected chi connectivity index (χ0v) is 17.3. The minimum Gasteiger partial charge on any atom is -0.496 e. The van der Waals surface area contributed by atoms with Gasteiger partial charge in [-0.25, -0.2) is 0 Å². The van der Waals surface area contributed by atoms with E-state index in [0.29, 0.717) is 22.6 Å². The molecule has 30 heavy (non-hydrogen) atoms. The van der Waals surface area contributed by atoms with Crippen molar-refractivity contribution in [1.82, 2.24) is 4.90 Å². The summed E-state index contributed by atoms with van der Waals surface area (Å²) in [6, 6.07) is 7.95. The average molecular weight is 409 g/mol. The van der Waals surface area contributed by atoms with E-state index in [1.807, 2.05) is 24.3 Å². The van der Waals surface area contributed by atoms with Crippen LogP contribution in [-0.4, -0.2) is 47.0 Å². The van der Waals surface area contributed by atoms with Crippen LogP contribution in [0.15, 0.2) is 24.3 Å². The maximum atomic E-state index is 11.4. The summed E-state index contributed by atoms with van der Waals surface area (Å²) < 4.78 is 11.1. The normalized spacial score (nSPS) is 21.1. The monoisotopic (exact) mass is 409 g/mol. The van der Waals surface area contributed by atoms with Crippen LogP contribution in [0, 0.1) is 0 Å². The zero-order valence-electron chi connectivity index (χ0n) is 17.3. The summed E-state index contributed by atoms with van der Waals surface area (Å²) in [7, 11) is 3.20. The van der Waals surface area contributed by atoms with Crippen molar-refractivity contribution in [3.05, 3.63) is 46.5 Å². The fraction of sp³-hybridized carbons (Fsp3) is 0.417. The average Bonchev–Trinajstić information content (AvgIpc) is 3.26. The summed E-state index contributed by atoms with van der Waals surface area (Å²) in [6.45, 7) is 1.49. The van der Waals surface area contributed by atoms with Gasteiger partial charge in [-0.1, -0.05) is 0 Å². The van der Waals surface area contributed by atoms with Crippen molar-refractivity contribution >= 4 is 21.5 Å². The molecule has 0 bridgehead atoms. The number of benzene rings is 3. The summed E-state index contributed by atoms with van der Waals surface area (Å²) in [5.74, 6) is 1.25. The fourth-order valence-electron chi connectivity index (χ4n) is 5.41. The van der Waals surface area contributed by atoms with Crippen molar-refractivity contribution in [3.8, 4) is 11.5 Å². The number of ether oxygens (including phenoxy) is 2. The second-order valence-corrected chi connectivity index (χ2v) is 8.25. The van der Waals surface area contributed by atoms with Crippen LogP contribution in [0.3, 0.4) is 0 Å². The maximum Gasteiger partial charge on any atom is 0.125 e. The van der Waals surface area contributed by atoms with E-state index in [0.717, 1.165) is 58.6 Å². The van der Waals surface area contributed by atoms with Crippen LogP contribution in [0.4, 0.5) is 0 Å². The van der Waals surface area contributed by atoms with Crippen LogP contribution in [0.25, 0.3) is 21.5 Å². The lowest BCUT2D eigenvalue weighted by Gasteiger charge is -2.37. The molecule has 6 heteroatoms. The number of rotatable bonds is 4. The summed E-state index contributed by atoms with van der Waals surface area (Å²) in [5, 5.41) is 35.1. The molecule has 2 aliphatic rings. The van der Waals surface area contributed by atoms with Crippen LogP contribution in [0.2, 0.25) is 0 Å². The number of hydrogen-bond donors (Lipinski definition) is 3. The Morgan fingerprint density at radius 2 is 1.50 bits per heavy atom. The molecule has 3 N–H and O–H groups in total. The molecule has 5 rings (SSSR count). The largest absolute Gasteiger partial charge is 0.496 e. The van der Waals surface area contributed by atoms with E-state index in [2.05, 4.69) is 4.90 Å². The summed E-state index contributed by atoms with van der Waals surface area (Å²) in [6.07, 6.45) is 1.48. The van der Waals surface area contributed by atoms with Crippen molar-refractivity contribution < 1.29 is 24.8 Å². The van der Waals surface area contributed by atoms with Gasteiger partial charge in [-0.2, -0.15) is 0 Å². The van der Waals surface area contributed by atoms with Gasteiger partial charge in [0.1, 0.15) is 11.5 Å². The van der Waals surface area contributed by atoms with E-state index in [4.69, 9.17) is 9.47 Å². The van der Waals surface area contributed by atoms with Gasteiger partial charge in [-0.05, 0) is 76.3 Å². The topological polar surface area (TPSA) is 82.4 Å². The first-order valence-electron chi connectivity index (χ1n) is 10.4. The Balaban J connectivity index is 1.94. The molecule has 158 valence electrons. The molecule has 1 fully saturated rings. The molecule has 0 aromatic heterocycles. The Morgan fingerprint density at radius 3 is 2.10 bits per heavy atom. The standard InChI is InChI=1S/C24H27NO5/c1-29-21-8-17-15(6-13(21)11-26)16-7-14(12-27)22(30-2)9-18(16)23-19(17)10-25-5-3-4-20(25)24(23)28/h6-9,20,24,26-28H,3-5,10-12H2,1-2H3. The van der Waals surface area contributed by atoms with Crippen LogP contribution in [0.5, 0.6) is 11.5 Å². The highest BCUT2D eigenvalue weighted by Gasteiger charge is 2.39. The minimum absolute atomic E-state index is 0.125. The summed E-state index contributed by atoms with van der Waals surface area (Å²) >= 11 is 0. The molecule has 2 atom stereocenters. The molecule has 2 aliphatic heterocycles. The Kier molecular flexibility index (Phi) is 4.82. The van der Waals surface area contributed by atoms with E-state index in [9.17, 15) is 15.3 Å². The number of aliphatic hydroxyl groups excluding tert-OH is 3. The molecule has 0 spiro atoms. The van der Waals surface area contributed by atoms with E-state index < -0.39 is 6.10 Å². The highest BCUT2D eigenvalue weighted by Crippen LogP contribution is 2.47. The van der Waals surface area contributed by atoms with Crippen LogP contribution in [0.1, 0.15) is 41.2 Å². The Labute approximate surface area is 175 Å². The van der Waals surface area contributed by atoms with Gasteiger partial charge in [0.25, 0.3) is 0 Å². The van der Waals surface area contributed by atoms with Crippen molar-refractivity contribution in [2.45, 2.75) is 44.7 Å². The minimum atomic E-state index is -0.587. The summed E-state index contributed by atoms with van der Waals surface area (Å²) in [4.78, 5) is 2.37. The third-order valence-corrected chi connectivity index (χ3v) is 6.85. The summed E-state index contributed by atoms with van der Waals surface area (Å²) in [5.41, 5.74) is 3.45. The number of nitrogens with zero attached hydrogens (tertiary/aromatic N) is 1. The molecule has 6 nitrogen and oxygen atoms in total. The van der Waals surface area contributed by atoms with Gasteiger partial charge in [0.2, 0.25) is 0 Å². The van der Waals surface area contributed by atoms with Gasteiger partial charge in [-0.15, -0.1) is 0 Å². The molecule has 2 heterocycles. The third-order valence-electron chi connectivity index (χ3n) is 6.85. The highest BCUT2D eigenvalue weighted by molar-refractivity contribution is 6.12. The van der Waals surface area contributed by atoms with Crippen LogP contribution in [-0.2, 0) is 19.8 Å². The SMILES string of the molecule is COc1cc2c3c(c4cc(OC)c(CO)cc4c2cc1CO)C(O)C1CCCN1C3. The number of methoxy groups -OCH3 is 2. The lowest BCUT2D eigenvalue weighted by Crippen LogP contribution is -2.39. The predicted octanol–water partition coefficient (Wildman–Crippen LogP) is 3.01. The second kappa shape index (κ2) is 7.39. The molecule has 1 saturated heterocycles. The van der Waals surface area contributed by atoms with Gasteiger partial charge in [-0.3, -0.25) is 4.90 Å². The molecule has 2 unspecified atom stereocenters. The number of aliphatic hydroxyl groups is 3. The van der Waals surface area contributed by atoms with Crippen LogP contribution >= 0.6 is 0 Å². The fourth-order valence-corrected chi connectivity index (χ4v) is 5.41. The Bertz CT molecular complexity index is 1140. The van der Waals surface area contributed by atoms with Crippen molar-refractivity contribution in [2.24, 2.45) is 0 Å². The highest BCUT2D eigenvalue weighted by atomic mass is 16.5. The number of fused-ring (bicyclic) bond motifs is 7. The lowest BCUT2D eigenvalue weighted by atomic mass is 9.82. The van der Waals surface area contributed by atoms with Gasteiger partial charge >= 0.3 is 0 Å². The molecule has 3 aromatic carbocycles. The second-order valence-electron chi connectivity index (χ2n) is 8.25. The number of hydrogen-bond acceptors (Lipinski definition) is 6. The molecule has 0 saturated carbocycles. The van der Waals surface area contributed by atoms with E-state index >= 15 is 0 Å². The maximum absolute atomic E-state index is 11.4.